The fourth-order valence-electron chi connectivity index (χ4n) is 1.91. The van der Waals surface area contributed by atoms with Crippen LogP contribution in [0.25, 0.3) is 0 Å². The van der Waals surface area contributed by atoms with Gasteiger partial charge in [0.2, 0.25) is 0 Å². The van der Waals surface area contributed by atoms with E-state index >= 15 is 0 Å². The number of hydrogen-bond acceptors (Lipinski definition) is 3. The van der Waals surface area contributed by atoms with Gasteiger partial charge in [0.1, 0.15) is 11.5 Å². The Bertz CT molecular complexity index is 634. The van der Waals surface area contributed by atoms with E-state index in [0.717, 1.165) is 22.4 Å². The molecule has 20 heavy (non-hydrogen) atoms. The second-order valence-electron chi connectivity index (χ2n) is 4.72. The quantitative estimate of drug-likeness (QED) is 0.645. The lowest BCUT2D eigenvalue weighted by Crippen LogP contribution is -2.01. The first-order valence-corrected chi connectivity index (χ1v) is 7.68. The molecule has 2 aromatic rings. The van der Waals surface area contributed by atoms with Gasteiger partial charge < -0.3 is 15.5 Å². The highest BCUT2D eigenvalue weighted by molar-refractivity contribution is 9.11. The molecular weight excluding hydrogens is 386 g/mol. The van der Waals surface area contributed by atoms with Crippen molar-refractivity contribution in [3.05, 3.63) is 49.9 Å². The third kappa shape index (κ3) is 3.27. The number of aryl methyl sites for hydroxylation is 2. The van der Waals surface area contributed by atoms with Crippen LogP contribution in [0.1, 0.15) is 16.7 Å². The van der Waals surface area contributed by atoms with Crippen LogP contribution in [0.3, 0.4) is 0 Å². The molecule has 3 nitrogen and oxygen atoms in total. The van der Waals surface area contributed by atoms with Gasteiger partial charge in [-0.15, -0.1) is 0 Å². The average Bonchev–Trinajstić information content (AvgIpc) is 2.38. The van der Waals surface area contributed by atoms with E-state index < -0.39 is 0 Å². The van der Waals surface area contributed by atoms with Gasteiger partial charge in [0.25, 0.3) is 0 Å². The topological polar surface area (TPSA) is 52.5 Å². The van der Waals surface area contributed by atoms with Crippen molar-refractivity contribution in [2.45, 2.75) is 20.4 Å². The summed E-state index contributed by atoms with van der Waals surface area (Å²) in [4.78, 5) is 0. The third-order valence-electron chi connectivity index (χ3n) is 3.10. The van der Waals surface area contributed by atoms with Crippen molar-refractivity contribution in [2.24, 2.45) is 0 Å². The first kappa shape index (κ1) is 15.2. The summed E-state index contributed by atoms with van der Waals surface area (Å²) >= 11 is 6.64. The van der Waals surface area contributed by atoms with Crippen molar-refractivity contribution in [1.29, 1.82) is 0 Å². The minimum absolute atomic E-state index is 0.199. The molecule has 0 atom stereocenters. The fourth-order valence-corrected chi connectivity index (χ4v) is 3.19. The summed E-state index contributed by atoms with van der Waals surface area (Å²) in [7, 11) is 0. The molecule has 0 aromatic heterocycles. The van der Waals surface area contributed by atoms with Crippen LogP contribution >= 0.6 is 31.9 Å². The van der Waals surface area contributed by atoms with Crippen LogP contribution in [0, 0.1) is 13.8 Å². The molecule has 0 saturated carbocycles. The van der Waals surface area contributed by atoms with Crippen molar-refractivity contribution >= 4 is 37.5 Å². The van der Waals surface area contributed by atoms with Crippen molar-refractivity contribution in [2.75, 3.05) is 5.32 Å². The van der Waals surface area contributed by atoms with E-state index in [9.17, 15) is 10.2 Å². The zero-order valence-corrected chi connectivity index (χ0v) is 14.3. The lowest BCUT2D eigenvalue weighted by molar-refractivity contribution is 0.468. The highest BCUT2D eigenvalue weighted by Gasteiger charge is 2.07. The van der Waals surface area contributed by atoms with E-state index in [2.05, 4.69) is 37.2 Å². The molecule has 0 spiro atoms. The summed E-state index contributed by atoms with van der Waals surface area (Å²) in [5.74, 6) is 0.508. The van der Waals surface area contributed by atoms with E-state index in [1.165, 1.54) is 0 Å². The lowest BCUT2D eigenvalue weighted by atomic mass is 10.1. The molecule has 0 aliphatic carbocycles. The van der Waals surface area contributed by atoms with Crippen LogP contribution in [-0.4, -0.2) is 10.2 Å². The maximum atomic E-state index is 9.69. The first-order valence-electron chi connectivity index (χ1n) is 6.09. The second-order valence-corrected chi connectivity index (χ2v) is 6.42. The normalized spacial score (nSPS) is 10.6. The Labute approximate surface area is 134 Å². The summed E-state index contributed by atoms with van der Waals surface area (Å²) in [6, 6.07) is 7.42. The number of phenolic OH excluding ortho intramolecular Hbond substituents is 2. The Hall–Kier alpha value is -1.20. The van der Waals surface area contributed by atoms with Gasteiger partial charge in [0, 0.05) is 12.2 Å². The Balaban J connectivity index is 2.19. The van der Waals surface area contributed by atoms with Crippen LogP contribution in [0.5, 0.6) is 11.5 Å². The van der Waals surface area contributed by atoms with E-state index in [1.54, 1.807) is 6.07 Å². The van der Waals surface area contributed by atoms with Crippen LogP contribution in [0.15, 0.2) is 33.2 Å². The summed E-state index contributed by atoms with van der Waals surface area (Å²) in [6.45, 7) is 4.44. The van der Waals surface area contributed by atoms with Crippen LogP contribution < -0.4 is 5.32 Å². The zero-order chi connectivity index (χ0) is 14.9. The first-order chi connectivity index (χ1) is 9.38. The fraction of sp³-hybridized carbons (Fsp3) is 0.200. The molecule has 5 heteroatoms. The number of anilines is 1. The molecule has 0 fully saturated rings. The molecule has 106 valence electrons. The van der Waals surface area contributed by atoms with Gasteiger partial charge in [-0.05, 0) is 86.7 Å². The Kier molecular flexibility index (Phi) is 4.60. The Morgan fingerprint density at radius 3 is 2.15 bits per heavy atom. The minimum atomic E-state index is 0.199. The predicted octanol–water partition coefficient (Wildman–Crippen LogP) is 4.85. The molecule has 2 rings (SSSR count). The van der Waals surface area contributed by atoms with Gasteiger partial charge in [0.15, 0.2) is 0 Å². The largest absolute Gasteiger partial charge is 0.508 e. The maximum absolute atomic E-state index is 9.69. The Morgan fingerprint density at radius 1 is 0.950 bits per heavy atom. The molecule has 0 bridgehead atoms. The van der Waals surface area contributed by atoms with Gasteiger partial charge in [-0.25, -0.2) is 0 Å². The molecule has 0 unspecified atom stereocenters. The lowest BCUT2D eigenvalue weighted by Gasteiger charge is -2.13. The van der Waals surface area contributed by atoms with Crippen LogP contribution in [0.4, 0.5) is 5.69 Å². The van der Waals surface area contributed by atoms with E-state index in [0.29, 0.717) is 21.2 Å². The van der Waals surface area contributed by atoms with Crippen molar-refractivity contribution in [3.8, 4) is 11.5 Å². The molecule has 2 aromatic carbocycles. The summed E-state index contributed by atoms with van der Waals surface area (Å²) in [6.07, 6.45) is 0. The number of rotatable bonds is 3. The van der Waals surface area contributed by atoms with Crippen LogP contribution in [0.2, 0.25) is 0 Å². The molecule has 0 aliphatic rings. The van der Waals surface area contributed by atoms with Gasteiger partial charge >= 0.3 is 0 Å². The molecule has 0 heterocycles. The molecule has 3 N–H and O–H groups in total. The second kappa shape index (κ2) is 6.06. The van der Waals surface area contributed by atoms with E-state index in [4.69, 9.17) is 0 Å². The molecular formula is C15H15Br2NO2. The number of benzene rings is 2. The molecule has 0 aliphatic heterocycles. The van der Waals surface area contributed by atoms with Gasteiger partial charge in [-0.3, -0.25) is 0 Å². The molecule has 0 radical (unpaired) electrons. The average molecular weight is 401 g/mol. The van der Waals surface area contributed by atoms with Crippen molar-refractivity contribution in [1.82, 2.24) is 0 Å². The number of nitrogens with one attached hydrogen (secondary N) is 1. The highest BCUT2D eigenvalue weighted by Crippen LogP contribution is 2.33. The summed E-state index contributed by atoms with van der Waals surface area (Å²) < 4.78 is 1.31. The molecule has 0 amide bonds. The SMILES string of the molecule is Cc1cc(NCc2cc(Br)c(O)c(Br)c2)c(C)cc1O. The number of phenols is 2. The van der Waals surface area contributed by atoms with E-state index in [1.807, 2.05) is 32.0 Å². The monoisotopic (exact) mass is 399 g/mol. The number of halogens is 2. The summed E-state index contributed by atoms with van der Waals surface area (Å²) in [5, 5.41) is 22.7. The van der Waals surface area contributed by atoms with Crippen molar-refractivity contribution in [3.63, 3.8) is 0 Å². The van der Waals surface area contributed by atoms with Gasteiger partial charge in [0.05, 0.1) is 8.95 Å². The maximum Gasteiger partial charge on any atom is 0.143 e. The zero-order valence-electron chi connectivity index (χ0n) is 11.2. The molecule has 0 saturated heterocycles. The van der Waals surface area contributed by atoms with Gasteiger partial charge in [-0.2, -0.15) is 0 Å². The van der Waals surface area contributed by atoms with Crippen molar-refractivity contribution < 1.29 is 10.2 Å². The standard InChI is InChI=1S/C15H15Br2NO2/c1-8-4-14(19)9(2)3-13(8)18-7-10-5-11(16)15(20)12(17)6-10/h3-6,18-20H,7H2,1-2H3. The van der Waals surface area contributed by atoms with Crippen LogP contribution in [-0.2, 0) is 6.54 Å². The third-order valence-corrected chi connectivity index (χ3v) is 4.31. The minimum Gasteiger partial charge on any atom is -0.508 e. The summed E-state index contributed by atoms with van der Waals surface area (Å²) in [5.41, 5.74) is 3.85. The predicted molar refractivity (Wildman–Crippen MR) is 88.4 cm³/mol. The Morgan fingerprint density at radius 2 is 1.55 bits per heavy atom. The smallest absolute Gasteiger partial charge is 0.143 e. The highest BCUT2D eigenvalue weighted by atomic mass is 79.9. The van der Waals surface area contributed by atoms with E-state index in [-0.39, 0.29) is 5.75 Å². The number of hydrogen-bond donors (Lipinski definition) is 3. The number of aromatic hydroxyl groups is 2. The van der Waals surface area contributed by atoms with Gasteiger partial charge in [-0.1, -0.05) is 0 Å².